The van der Waals surface area contributed by atoms with Crippen molar-refractivity contribution in [1.82, 2.24) is 0 Å². The Bertz CT molecular complexity index is 808. The summed E-state index contributed by atoms with van der Waals surface area (Å²) < 4.78 is 14.1. The number of rotatable bonds is 2. The van der Waals surface area contributed by atoms with Crippen LogP contribution in [0.1, 0.15) is 28.3 Å². The summed E-state index contributed by atoms with van der Waals surface area (Å²) >= 11 is 0. The first-order chi connectivity index (χ1) is 10.1. The number of fused-ring (bicyclic) bond motifs is 1. The summed E-state index contributed by atoms with van der Waals surface area (Å²) in [6.07, 6.45) is 0. The lowest BCUT2D eigenvalue weighted by atomic mass is 9.91. The summed E-state index contributed by atoms with van der Waals surface area (Å²) in [5.74, 6) is -0.252. The van der Waals surface area contributed by atoms with E-state index in [1.165, 1.54) is 17.0 Å². The Morgan fingerprint density at radius 3 is 2.33 bits per heavy atom. The highest BCUT2D eigenvalue weighted by atomic mass is 19.1. The van der Waals surface area contributed by atoms with Gasteiger partial charge in [-0.15, -0.1) is 0 Å². The van der Waals surface area contributed by atoms with E-state index in [1.807, 2.05) is 43.3 Å². The van der Waals surface area contributed by atoms with Crippen molar-refractivity contribution < 1.29 is 4.39 Å². The molecule has 0 spiro atoms. The van der Waals surface area contributed by atoms with Crippen LogP contribution >= 0.6 is 0 Å². The highest BCUT2D eigenvalue weighted by Crippen LogP contribution is 2.30. The fourth-order valence-electron chi connectivity index (χ4n) is 2.81. The van der Waals surface area contributed by atoms with Gasteiger partial charge in [0.2, 0.25) is 0 Å². The lowest BCUT2D eigenvalue weighted by Crippen LogP contribution is -2.14. The van der Waals surface area contributed by atoms with E-state index in [1.54, 1.807) is 6.07 Å². The molecule has 0 bridgehead atoms. The molecule has 1 nitrogen and oxygen atoms in total. The van der Waals surface area contributed by atoms with E-state index < -0.39 is 6.04 Å². The van der Waals surface area contributed by atoms with Crippen molar-refractivity contribution >= 4 is 10.8 Å². The van der Waals surface area contributed by atoms with E-state index in [0.29, 0.717) is 5.56 Å². The molecule has 0 heterocycles. The van der Waals surface area contributed by atoms with E-state index in [0.717, 1.165) is 16.5 Å². The van der Waals surface area contributed by atoms with Gasteiger partial charge in [-0.05, 0) is 41.8 Å². The highest BCUT2D eigenvalue weighted by Gasteiger charge is 2.16. The molecular weight excluding hydrogens is 261 g/mol. The number of nitrogens with two attached hydrogens (primary N) is 1. The summed E-state index contributed by atoms with van der Waals surface area (Å²) in [4.78, 5) is 0. The number of hydrogen-bond donors (Lipinski definition) is 1. The largest absolute Gasteiger partial charge is 0.320 e. The highest BCUT2D eigenvalue weighted by molar-refractivity contribution is 5.89. The van der Waals surface area contributed by atoms with Crippen LogP contribution < -0.4 is 5.73 Å². The molecule has 1 unspecified atom stereocenters. The number of halogens is 1. The second-order valence-electron chi connectivity index (χ2n) is 5.52. The average Bonchev–Trinajstić information content (AvgIpc) is 2.50. The third kappa shape index (κ3) is 2.43. The van der Waals surface area contributed by atoms with Gasteiger partial charge in [0.05, 0.1) is 6.04 Å². The van der Waals surface area contributed by atoms with Gasteiger partial charge in [0, 0.05) is 5.56 Å². The van der Waals surface area contributed by atoms with E-state index in [-0.39, 0.29) is 5.82 Å². The van der Waals surface area contributed by atoms with Crippen molar-refractivity contribution in [3.63, 3.8) is 0 Å². The van der Waals surface area contributed by atoms with Gasteiger partial charge in [-0.2, -0.15) is 0 Å². The molecule has 2 heteroatoms. The SMILES string of the molecule is Cc1ccc(F)c(C(N)c2ccc(C)c3ccccc23)c1. The van der Waals surface area contributed by atoms with Crippen molar-refractivity contribution in [3.05, 3.63) is 82.7 Å². The minimum Gasteiger partial charge on any atom is -0.320 e. The first-order valence-electron chi connectivity index (χ1n) is 7.08. The number of hydrogen-bond acceptors (Lipinski definition) is 1. The van der Waals surface area contributed by atoms with Crippen LogP contribution in [0.4, 0.5) is 4.39 Å². The van der Waals surface area contributed by atoms with Crippen LogP contribution in [0.5, 0.6) is 0 Å². The molecule has 0 saturated heterocycles. The maximum Gasteiger partial charge on any atom is 0.128 e. The molecule has 0 aliphatic heterocycles. The molecule has 0 aromatic heterocycles. The Kier molecular flexibility index (Phi) is 3.48. The smallest absolute Gasteiger partial charge is 0.128 e. The van der Waals surface area contributed by atoms with E-state index in [9.17, 15) is 4.39 Å². The molecule has 0 fully saturated rings. The normalized spacial score (nSPS) is 12.6. The van der Waals surface area contributed by atoms with E-state index >= 15 is 0 Å². The van der Waals surface area contributed by atoms with Crippen LogP contribution in [0.15, 0.2) is 54.6 Å². The lowest BCUT2D eigenvalue weighted by Gasteiger charge is -2.17. The third-order valence-electron chi connectivity index (χ3n) is 4.00. The molecule has 1 atom stereocenters. The Morgan fingerprint density at radius 1 is 0.857 bits per heavy atom. The minimum atomic E-state index is -0.463. The summed E-state index contributed by atoms with van der Waals surface area (Å²) in [6.45, 7) is 4.02. The fraction of sp³-hybridized carbons (Fsp3) is 0.158. The monoisotopic (exact) mass is 279 g/mol. The molecule has 0 aliphatic rings. The van der Waals surface area contributed by atoms with Gasteiger partial charge >= 0.3 is 0 Å². The zero-order chi connectivity index (χ0) is 15.0. The van der Waals surface area contributed by atoms with Crippen molar-refractivity contribution in [3.8, 4) is 0 Å². The summed E-state index contributed by atoms with van der Waals surface area (Å²) in [6, 6.07) is 16.8. The van der Waals surface area contributed by atoms with Gasteiger partial charge in [0.1, 0.15) is 5.82 Å². The predicted octanol–water partition coefficient (Wildman–Crippen LogP) is 4.64. The van der Waals surface area contributed by atoms with Gasteiger partial charge < -0.3 is 5.73 Å². The number of aryl methyl sites for hydroxylation is 2. The molecule has 0 radical (unpaired) electrons. The quantitative estimate of drug-likeness (QED) is 0.726. The Hall–Kier alpha value is -2.19. The van der Waals surface area contributed by atoms with Crippen molar-refractivity contribution in [1.29, 1.82) is 0 Å². The topological polar surface area (TPSA) is 26.0 Å². The van der Waals surface area contributed by atoms with Crippen LogP contribution in [0.3, 0.4) is 0 Å². The van der Waals surface area contributed by atoms with Crippen molar-refractivity contribution in [2.24, 2.45) is 5.73 Å². The molecule has 106 valence electrons. The van der Waals surface area contributed by atoms with Crippen LogP contribution in [0, 0.1) is 19.7 Å². The third-order valence-corrected chi connectivity index (χ3v) is 4.00. The first kappa shape index (κ1) is 13.8. The lowest BCUT2D eigenvalue weighted by molar-refractivity contribution is 0.599. The maximum atomic E-state index is 14.1. The standard InChI is InChI=1S/C19H18FN/c1-12-7-10-18(20)17(11-12)19(21)16-9-8-13(2)14-5-3-4-6-15(14)16/h3-11,19H,21H2,1-2H3. The van der Waals surface area contributed by atoms with Gasteiger partial charge in [-0.3, -0.25) is 0 Å². The summed E-state index contributed by atoms with van der Waals surface area (Å²) in [7, 11) is 0. The molecule has 2 N–H and O–H groups in total. The molecule has 21 heavy (non-hydrogen) atoms. The van der Waals surface area contributed by atoms with Gasteiger partial charge in [0.25, 0.3) is 0 Å². The Morgan fingerprint density at radius 2 is 1.57 bits per heavy atom. The van der Waals surface area contributed by atoms with E-state index in [4.69, 9.17) is 5.73 Å². The molecule has 0 amide bonds. The fourth-order valence-corrected chi connectivity index (χ4v) is 2.81. The molecule has 0 saturated carbocycles. The Labute approximate surface area is 124 Å². The molecule has 3 aromatic carbocycles. The van der Waals surface area contributed by atoms with Crippen molar-refractivity contribution in [2.45, 2.75) is 19.9 Å². The maximum absolute atomic E-state index is 14.1. The molecule has 0 aliphatic carbocycles. The van der Waals surface area contributed by atoms with Crippen LogP contribution in [0.25, 0.3) is 10.8 Å². The zero-order valence-electron chi connectivity index (χ0n) is 12.2. The molecule has 3 aromatic rings. The second-order valence-corrected chi connectivity index (χ2v) is 5.52. The second kappa shape index (κ2) is 5.30. The number of benzene rings is 3. The molecular formula is C19H18FN. The zero-order valence-corrected chi connectivity index (χ0v) is 12.2. The van der Waals surface area contributed by atoms with Crippen LogP contribution in [-0.2, 0) is 0 Å². The molecule has 3 rings (SSSR count). The minimum absolute atomic E-state index is 0.252. The van der Waals surface area contributed by atoms with Gasteiger partial charge in [0.15, 0.2) is 0 Å². The van der Waals surface area contributed by atoms with Crippen molar-refractivity contribution in [2.75, 3.05) is 0 Å². The average molecular weight is 279 g/mol. The summed E-state index contributed by atoms with van der Waals surface area (Å²) in [5.41, 5.74) is 10.1. The van der Waals surface area contributed by atoms with Gasteiger partial charge in [-0.1, -0.05) is 54.1 Å². The van der Waals surface area contributed by atoms with Crippen LogP contribution in [-0.4, -0.2) is 0 Å². The predicted molar refractivity (Wildman–Crippen MR) is 85.9 cm³/mol. The van der Waals surface area contributed by atoms with Gasteiger partial charge in [-0.25, -0.2) is 4.39 Å². The van der Waals surface area contributed by atoms with Crippen LogP contribution in [0.2, 0.25) is 0 Å². The van der Waals surface area contributed by atoms with E-state index in [2.05, 4.69) is 13.0 Å². The summed E-state index contributed by atoms with van der Waals surface area (Å²) in [5, 5.41) is 2.25. The first-order valence-corrected chi connectivity index (χ1v) is 7.08. The Balaban J connectivity index is 2.20.